The van der Waals surface area contributed by atoms with Gasteiger partial charge in [-0.2, -0.15) is 9.78 Å². The molecule has 0 aliphatic carbocycles. The van der Waals surface area contributed by atoms with E-state index >= 15 is 0 Å². The van der Waals surface area contributed by atoms with Gasteiger partial charge in [0.15, 0.2) is 0 Å². The SMILES string of the molecule is NS(=O)(=O)c1ccc(-n2nc(-c3ccc(Cc4ccccc4)cc3)ccc2=O)cc1. The quantitative estimate of drug-likeness (QED) is 0.540. The van der Waals surface area contributed by atoms with Crippen molar-refractivity contribution in [2.75, 3.05) is 0 Å². The van der Waals surface area contributed by atoms with Crippen LogP contribution in [0.2, 0.25) is 0 Å². The Balaban J connectivity index is 1.62. The molecule has 0 saturated heterocycles. The van der Waals surface area contributed by atoms with Gasteiger partial charge in [-0.25, -0.2) is 13.6 Å². The summed E-state index contributed by atoms with van der Waals surface area (Å²) in [5.74, 6) is 0. The monoisotopic (exact) mass is 417 g/mol. The number of nitrogens with zero attached hydrogens (tertiary/aromatic N) is 2. The molecule has 1 heterocycles. The van der Waals surface area contributed by atoms with Crippen molar-refractivity contribution < 1.29 is 8.42 Å². The molecule has 4 aromatic rings. The average Bonchev–Trinajstić information content (AvgIpc) is 2.75. The third-order valence-electron chi connectivity index (χ3n) is 4.71. The van der Waals surface area contributed by atoms with Crippen LogP contribution in [-0.2, 0) is 16.4 Å². The van der Waals surface area contributed by atoms with Crippen molar-refractivity contribution in [3.8, 4) is 16.9 Å². The largest absolute Gasteiger partial charge is 0.271 e. The number of hydrogen-bond donors (Lipinski definition) is 1. The van der Waals surface area contributed by atoms with Crippen LogP contribution in [0.3, 0.4) is 0 Å². The van der Waals surface area contributed by atoms with Gasteiger partial charge in [0, 0.05) is 11.6 Å². The summed E-state index contributed by atoms with van der Waals surface area (Å²) in [4.78, 5) is 12.3. The summed E-state index contributed by atoms with van der Waals surface area (Å²) < 4.78 is 24.1. The Bertz CT molecular complexity index is 1330. The number of benzene rings is 3. The summed E-state index contributed by atoms with van der Waals surface area (Å²) in [6.45, 7) is 0. The minimum absolute atomic E-state index is 0.0236. The molecule has 0 fully saturated rings. The molecule has 0 aliphatic rings. The van der Waals surface area contributed by atoms with E-state index in [0.717, 1.165) is 12.0 Å². The van der Waals surface area contributed by atoms with E-state index in [9.17, 15) is 13.2 Å². The smallest absolute Gasteiger partial charge is 0.267 e. The first kappa shape index (κ1) is 19.8. The second kappa shape index (κ2) is 8.06. The predicted octanol–water partition coefficient (Wildman–Crippen LogP) is 3.14. The van der Waals surface area contributed by atoms with E-state index in [1.807, 2.05) is 42.5 Å². The Morgan fingerprint density at radius 2 is 1.40 bits per heavy atom. The van der Waals surface area contributed by atoms with Gasteiger partial charge in [0.25, 0.3) is 5.56 Å². The van der Waals surface area contributed by atoms with Crippen LogP contribution in [0.1, 0.15) is 11.1 Å². The Morgan fingerprint density at radius 3 is 2.03 bits per heavy atom. The molecule has 0 saturated carbocycles. The van der Waals surface area contributed by atoms with Crippen LogP contribution in [0.5, 0.6) is 0 Å². The van der Waals surface area contributed by atoms with Crippen LogP contribution in [0.4, 0.5) is 0 Å². The highest BCUT2D eigenvalue weighted by molar-refractivity contribution is 7.89. The zero-order chi connectivity index (χ0) is 21.1. The van der Waals surface area contributed by atoms with Crippen molar-refractivity contribution in [3.05, 3.63) is 112 Å². The third kappa shape index (κ3) is 4.37. The van der Waals surface area contributed by atoms with Gasteiger partial charge in [0.1, 0.15) is 0 Å². The van der Waals surface area contributed by atoms with Gasteiger partial charge in [-0.3, -0.25) is 4.79 Å². The zero-order valence-electron chi connectivity index (χ0n) is 16.0. The summed E-state index contributed by atoms with van der Waals surface area (Å²) in [7, 11) is -3.80. The first-order valence-electron chi connectivity index (χ1n) is 9.27. The van der Waals surface area contributed by atoms with Gasteiger partial charge in [-0.1, -0.05) is 54.6 Å². The zero-order valence-corrected chi connectivity index (χ0v) is 16.8. The van der Waals surface area contributed by atoms with Crippen molar-refractivity contribution in [1.29, 1.82) is 0 Å². The molecule has 0 radical (unpaired) electrons. The molecule has 2 N–H and O–H groups in total. The first-order chi connectivity index (χ1) is 14.4. The molecule has 150 valence electrons. The molecule has 4 rings (SSSR count). The summed E-state index contributed by atoms with van der Waals surface area (Å²) >= 11 is 0. The van der Waals surface area contributed by atoms with Gasteiger partial charge in [0.2, 0.25) is 10.0 Å². The Kier molecular flexibility index (Phi) is 5.31. The van der Waals surface area contributed by atoms with Crippen molar-refractivity contribution in [1.82, 2.24) is 9.78 Å². The van der Waals surface area contributed by atoms with Gasteiger partial charge in [-0.15, -0.1) is 0 Å². The van der Waals surface area contributed by atoms with E-state index < -0.39 is 10.0 Å². The molecule has 3 aromatic carbocycles. The van der Waals surface area contributed by atoms with Gasteiger partial charge >= 0.3 is 0 Å². The first-order valence-corrected chi connectivity index (χ1v) is 10.8. The normalized spacial score (nSPS) is 11.4. The summed E-state index contributed by atoms with van der Waals surface area (Å²) in [6, 6.07) is 27.1. The Hall–Kier alpha value is -3.55. The lowest BCUT2D eigenvalue weighted by Crippen LogP contribution is -2.20. The molecule has 0 spiro atoms. The second-order valence-electron chi connectivity index (χ2n) is 6.87. The fraction of sp³-hybridized carbons (Fsp3) is 0.0435. The maximum absolute atomic E-state index is 12.3. The highest BCUT2D eigenvalue weighted by Crippen LogP contribution is 2.19. The van der Waals surface area contributed by atoms with E-state index in [1.54, 1.807) is 6.07 Å². The second-order valence-corrected chi connectivity index (χ2v) is 8.43. The summed E-state index contributed by atoms with van der Waals surface area (Å²) in [5, 5.41) is 9.57. The summed E-state index contributed by atoms with van der Waals surface area (Å²) in [6.07, 6.45) is 0.838. The molecular formula is C23H19N3O3S. The lowest BCUT2D eigenvalue weighted by molar-refractivity contribution is 0.597. The third-order valence-corrected chi connectivity index (χ3v) is 5.64. The van der Waals surface area contributed by atoms with Crippen LogP contribution in [-0.4, -0.2) is 18.2 Å². The number of sulfonamides is 1. The highest BCUT2D eigenvalue weighted by atomic mass is 32.2. The Labute approximate surface area is 174 Å². The fourth-order valence-corrected chi connectivity index (χ4v) is 3.67. The number of rotatable bonds is 5. The topological polar surface area (TPSA) is 95.1 Å². The minimum atomic E-state index is -3.80. The summed E-state index contributed by atoms with van der Waals surface area (Å²) in [5.41, 5.74) is 4.06. The van der Waals surface area contributed by atoms with Gasteiger partial charge in [-0.05, 0) is 47.9 Å². The minimum Gasteiger partial charge on any atom is -0.267 e. The Morgan fingerprint density at radius 1 is 0.767 bits per heavy atom. The molecule has 0 atom stereocenters. The molecule has 0 amide bonds. The van der Waals surface area contributed by atoms with E-state index in [0.29, 0.717) is 11.4 Å². The molecule has 1 aromatic heterocycles. The maximum atomic E-state index is 12.3. The lowest BCUT2D eigenvalue weighted by atomic mass is 10.0. The average molecular weight is 417 g/mol. The van der Waals surface area contributed by atoms with E-state index in [2.05, 4.69) is 17.2 Å². The molecule has 0 unspecified atom stereocenters. The number of primary sulfonamides is 1. The van der Waals surface area contributed by atoms with Gasteiger partial charge < -0.3 is 0 Å². The molecular weight excluding hydrogens is 398 g/mol. The van der Waals surface area contributed by atoms with Crippen LogP contribution >= 0.6 is 0 Å². The number of aromatic nitrogens is 2. The molecule has 30 heavy (non-hydrogen) atoms. The number of hydrogen-bond acceptors (Lipinski definition) is 4. The predicted molar refractivity (Wildman–Crippen MR) is 116 cm³/mol. The standard InChI is InChI=1S/C23H19N3O3S/c24-30(28,29)21-12-10-20(11-13-21)26-23(27)15-14-22(25-26)19-8-6-18(7-9-19)16-17-4-2-1-3-5-17/h1-15H,16H2,(H2,24,28,29). The van der Waals surface area contributed by atoms with Crippen molar-refractivity contribution in [2.45, 2.75) is 11.3 Å². The van der Waals surface area contributed by atoms with E-state index in [4.69, 9.17) is 5.14 Å². The van der Waals surface area contributed by atoms with Crippen molar-refractivity contribution in [2.24, 2.45) is 5.14 Å². The molecule has 0 aliphatic heterocycles. The molecule has 6 nitrogen and oxygen atoms in total. The highest BCUT2D eigenvalue weighted by Gasteiger charge is 2.10. The maximum Gasteiger partial charge on any atom is 0.271 e. The van der Waals surface area contributed by atoms with E-state index in [-0.39, 0.29) is 10.5 Å². The van der Waals surface area contributed by atoms with Gasteiger partial charge in [0.05, 0.1) is 16.3 Å². The van der Waals surface area contributed by atoms with Crippen LogP contribution in [0, 0.1) is 0 Å². The van der Waals surface area contributed by atoms with E-state index in [1.165, 1.54) is 46.1 Å². The van der Waals surface area contributed by atoms with Crippen molar-refractivity contribution in [3.63, 3.8) is 0 Å². The van der Waals surface area contributed by atoms with Crippen LogP contribution in [0.15, 0.2) is 101 Å². The van der Waals surface area contributed by atoms with Crippen LogP contribution < -0.4 is 10.7 Å². The lowest BCUT2D eigenvalue weighted by Gasteiger charge is -2.09. The molecule has 0 bridgehead atoms. The fourth-order valence-electron chi connectivity index (χ4n) is 3.15. The number of nitrogens with two attached hydrogens (primary N) is 1. The van der Waals surface area contributed by atoms with Crippen LogP contribution in [0.25, 0.3) is 16.9 Å². The van der Waals surface area contributed by atoms with Crippen molar-refractivity contribution >= 4 is 10.0 Å². The molecule has 7 heteroatoms.